The quantitative estimate of drug-likeness (QED) is 0.455. The molecule has 0 atom stereocenters. The number of rotatable bonds is 7. The largest absolute Gasteiger partial charge is 0.497 e. The minimum Gasteiger partial charge on any atom is -0.497 e. The summed E-state index contributed by atoms with van der Waals surface area (Å²) in [5.74, 6) is 0.883. The van der Waals surface area contributed by atoms with E-state index in [0.717, 1.165) is 28.6 Å². The average molecular weight is 399 g/mol. The summed E-state index contributed by atoms with van der Waals surface area (Å²) in [5, 5.41) is 1.14. The van der Waals surface area contributed by atoms with Gasteiger partial charge in [-0.1, -0.05) is 48.0 Å². The molecule has 3 aromatic carbocycles. The molecule has 4 aromatic rings. The molecule has 0 spiro atoms. The number of hydrogen-bond acceptors (Lipinski definition) is 2. The fraction of sp³-hybridized carbons (Fsp3) is 0.192. The van der Waals surface area contributed by atoms with Crippen LogP contribution in [0.1, 0.15) is 27.0 Å². The maximum absolute atomic E-state index is 13.2. The third kappa shape index (κ3) is 4.38. The van der Waals surface area contributed by atoms with Gasteiger partial charge >= 0.3 is 0 Å². The van der Waals surface area contributed by atoms with E-state index in [1.807, 2.05) is 59.6 Å². The average Bonchev–Trinajstić information content (AvgIpc) is 3.20. The lowest BCUT2D eigenvalue weighted by molar-refractivity contribution is 0.0745. The molecule has 1 heterocycles. The first-order valence-corrected chi connectivity index (χ1v) is 10.2. The molecule has 1 aromatic heterocycles. The number of fused-ring (bicyclic) bond motifs is 1. The van der Waals surface area contributed by atoms with Crippen LogP contribution in [-0.4, -0.2) is 29.4 Å². The number of aromatic amines is 1. The fourth-order valence-electron chi connectivity index (χ4n) is 3.68. The van der Waals surface area contributed by atoms with Crippen molar-refractivity contribution in [2.75, 3.05) is 13.7 Å². The molecule has 1 amide bonds. The van der Waals surface area contributed by atoms with Gasteiger partial charge in [-0.2, -0.15) is 0 Å². The zero-order valence-electron chi connectivity index (χ0n) is 17.4. The Hall–Kier alpha value is -3.53. The van der Waals surface area contributed by atoms with Gasteiger partial charge in [0.25, 0.3) is 5.91 Å². The van der Waals surface area contributed by atoms with Gasteiger partial charge in [-0.25, -0.2) is 0 Å². The monoisotopic (exact) mass is 398 g/mol. The van der Waals surface area contributed by atoms with E-state index in [-0.39, 0.29) is 5.91 Å². The Morgan fingerprint density at radius 1 is 1.00 bits per heavy atom. The van der Waals surface area contributed by atoms with E-state index in [2.05, 4.69) is 36.2 Å². The number of H-pyrrole nitrogens is 1. The number of nitrogens with zero attached hydrogens (tertiary/aromatic N) is 1. The lowest BCUT2D eigenvalue weighted by atomic mass is 10.1. The number of aromatic nitrogens is 1. The lowest BCUT2D eigenvalue weighted by Gasteiger charge is -2.23. The normalized spacial score (nSPS) is 10.9. The van der Waals surface area contributed by atoms with Crippen molar-refractivity contribution >= 4 is 16.8 Å². The molecule has 0 unspecified atom stereocenters. The molecule has 4 heteroatoms. The van der Waals surface area contributed by atoms with Crippen LogP contribution in [-0.2, 0) is 13.0 Å². The second kappa shape index (κ2) is 8.87. The van der Waals surface area contributed by atoms with Crippen molar-refractivity contribution in [3.8, 4) is 5.75 Å². The van der Waals surface area contributed by atoms with Crippen LogP contribution in [0.25, 0.3) is 10.9 Å². The van der Waals surface area contributed by atoms with Crippen LogP contribution in [0.2, 0.25) is 0 Å². The van der Waals surface area contributed by atoms with Gasteiger partial charge in [0.1, 0.15) is 5.75 Å². The van der Waals surface area contributed by atoms with Crippen molar-refractivity contribution in [1.29, 1.82) is 0 Å². The summed E-state index contributed by atoms with van der Waals surface area (Å²) in [6.45, 7) is 3.29. The molecule has 0 aliphatic rings. The highest BCUT2D eigenvalue weighted by atomic mass is 16.5. The van der Waals surface area contributed by atoms with Crippen LogP contribution >= 0.6 is 0 Å². The van der Waals surface area contributed by atoms with Crippen LogP contribution < -0.4 is 4.74 Å². The molecule has 152 valence electrons. The van der Waals surface area contributed by atoms with Gasteiger partial charge in [0.2, 0.25) is 0 Å². The number of methoxy groups -OCH3 is 1. The molecule has 0 radical (unpaired) electrons. The summed E-state index contributed by atoms with van der Waals surface area (Å²) < 4.78 is 5.38. The van der Waals surface area contributed by atoms with Crippen molar-refractivity contribution in [2.45, 2.75) is 19.9 Å². The maximum atomic E-state index is 13.2. The van der Waals surface area contributed by atoms with Gasteiger partial charge in [-0.3, -0.25) is 4.79 Å². The molecule has 4 rings (SSSR count). The number of amides is 1. The van der Waals surface area contributed by atoms with Gasteiger partial charge in [0, 0.05) is 35.8 Å². The van der Waals surface area contributed by atoms with Crippen LogP contribution in [0.3, 0.4) is 0 Å². The van der Waals surface area contributed by atoms with E-state index < -0.39 is 0 Å². The number of benzene rings is 3. The minimum atomic E-state index is 0.0496. The maximum Gasteiger partial charge on any atom is 0.254 e. The summed E-state index contributed by atoms with van der Waals surface area (Å²) in [5.41, 5.74) is 5.31. The van der Waals surface area contributed by atoms with E-state index in [1.165, 1.54) is 11.1 Å². The van der Waals surface area contributed by atoms with E-state index in [4.69, 9.17) is 4.74 Å². The highest BCUT2D eigenvalue weighted by molar-refractivity contribution is 5.94. The fourth-order valence-corrected chi connectivity index (χ4v) is 3.68. The molecule has 0 aliphatic carbocycles. The van der Waals surface area contributed by atoms with Crippen molar-refractivity contribution in [1.82, 2.24) is 9.88 Å². The zero-order valence-corrected chi connectivity index (χ0v) is 17.4. The molecule has 0 saturated heterocycles. The molecule has 1 N–H and O–H groups in total. The lowest BCUT2D eigenvalue weighted by Crippen LogP contribution is -2.32. The van der Waals surface area contributed by atoms with E-state index in [9.17, 15) is 4.79 Å². The Bertz CT molecular complexity index is 1130. The second-order valence-corrected chi connectivity index (χ2v) is 7.55. The number of carbonyl (C=O) groups excluding carboxylic acids is 1. The Labute approximate surface area is 177 Å². The Morgan fingerprint density at radius 2 is 1.77 bits per heavy atom. The number of hydrogen-bond donors (Lipinski definition) is 1. The second-order valence-electron chi connectivity index (χ2n) is 7.55. The van der Waals surface area contributed by atoms with Gasteiger partial charge in [-0.05, 0) is 54.8 Å². The van der Waals surface area contributed by atoms with E-state index in [0.29, 0.717) is 18.7 Å². The zero-order chi connectivity index (χ0) is 20.9. The standard InChI is InChI=1S/C26H26N2O2/c1-19-8-10-20(11-9-19)18-28(26(29)21-6-4-3-5-7-21)15-14-22-17-27-25-13-12-23(30-2)16-24(22)25/h3-13,16-17,27H,14-15,18H2,1-2H3. The number of nitrogens with one attached hydrogen (secondary N) is 1. The summed E-state index contributed by atoms with van der Waals surface area (Å²) >= 11 is 0. The van der Waals surface area contributed by atoms with E-state index >= 15 is 0 Å². The number of aryl methyl sites for hydroxylation is 1. The van der Waals surface area contributed by atoms with Crippen molar-refractivity contribution in [3.05, 3.63) is 101 Å². The Morgan fingerprint density at radius 3 is 2.50 bits per heavy atom. The molecule has 4 nitrogen and oxygen atoms in total. The molecule has 0 bridgehead atoms. The smallest absolute Gasteiger partial charge is 0.254 e. The SMILES string of the molecule is COc1ccc2[nH]cc(CCN(Cc3ccc(C)cc3)C(=O)c3ccccc3)c2c1. The molecule has 0 fully saturated rings. The van der Waals surface area contributed by atoms with Crippen LogP contribution in [0.4, 0.5) is 0 Å². The van der Waals surface area contributed by atoms with Gasteiger partial charge < -0.3 is 14.6 Å². The number of ether oxygens (including phenoxy) is 1. The molecule has 0 aliphatic heterocycles. The van der Waals surface area contributed by atoms with Crippen molar-refractivity contribution < 1.29 is 9.53 Å². The summed E-state index contributed by atoms with van der Waals surface area (Å²) in [6, 6.07) is 23.9. The minimum absolute atomic E-state index is 0.0496. The highest BCUT2D eigenvalue weighted by Gasteiger charge is 2.17. The third-order valence-electron chi connectivity index (χ3n) is 5.43. The Kier molecular flexibility index (Phi) is 5.84. The topological polar surface area (TPSA) is 45.3 Å². The van der Waals surface area contributed by atoms with Crippen LogP contribution in [0, 0.1) is 6.92 Å². The van der Waals surface area contributed by atoms with Crippen LogP contribution in [0.5, 0.6) is 5.75 Å². The first kappa shape index (κ1) is 19.8. The molecular formula is C26H26N2O2. The van der Waals surface area contributed by atoms with Crippen molar-refractivity contribution in [2.24, 2.45) is 0 Å². The summed E-state index contributed by atoms with van der Waals surface area (Å²) in [7, 11) is 1.68. The third-order valence-corrected chi connectivity index (χ3v) is 5.43. The van der Waals surface area contributed by atoms with Gasteiger partial charge in [0.05, 0.1) is 7.11 Å². The summed E-state index contributed by atoms with van der Waals surface area (Å²) in [6.07, 6.45) is 2.79. The molecule has 0 saturated carbocycles. The Balaban J connectivity index is 1.58. The number of carbonyl (C=O) groups is 1. The predicted octanol–water partition coefficient (Wildman–Crippen LogP) is 5.37. The van der Waals surface area contributed by atoms with Gasteiger partial charge in [-0.15, -0.1) is 0 Å². The summed E-state index contributed by atoms with van der Waals surface area (Å²) in [4.78, 5) is 18.5. The first-order valence-electron chi connectivity index (χ1n) is 10.2. The highest BCUT2D eigenvalue weighted by Crippen LogP contribution is 2.24. The van der Waals surface area contributed by atoms with E-state index in [1.54, 1.807) is 7.11 Å². The first-order chi connectivity index (χ1) is 14.6. The predicted molar refractivity (Wildman–Crippen MR) is 121 cm³/mol. The van der Waals surface area contributed by atoms with Crippen molar-refractivity contribution in [3.63, 3.8) is 0 Å². The van der Waals surface area contributed by atoms with Gasteiger partial charge in [0.15, 0.2) is 0 Å². The van der Waals surface area contributed by atoms with Crippen LogP contribution in [0.15, 0.2) is 79.0 Å². The molecular weight excluding hydrogens is 372 g/mol. The molecule has 30 heavy (non-hydrogen) atoms.